The number of rotatable bonds is 3. The third kappa shape index (κ3) is 4.29. The van der Waals surface area contributed by atoms with E-state index in [0.717, 1.165) is 5.56 Å². The topological polar surface area (TPSA) is 73.0 Å². The average Bonchev–Trinajstić information content (AvgIpc) is 2.95. The lowest BCUT2D eigenvalue weighted by atomic mass is 10.2. The molecule has 1 aromatic carbocycles. The van der Waals surface area contributed by atoms with Gasteiger partial charge in [0.25, 0.3) is 0 Å². The first kappa shape index (κ1) is 17.3. The molecule has 4 amide bonds. The molecule has 1 aromatic rings. The van der Waals surface area contributed by atoms with Crippen LogP contribution in [0.4, 0.5) is 4.79 Å². The molecule has 1 unspecified atom stereocenters. The second-order valence-electron chi connectivity index (χ2n) is 6.60. The molecule has 0 aromatic heterocycles. The fraction of sp³-hybridized carbons (Fsp3) is 0.500. The second kappa shape index (κ2) is 7.55. The zero-order valence-electron chi connectivity index (χ0n) is 14.5. The van der Waals surface area contributed by atoms with Crippen molar-refractivity contribution in [1.82, 2.24) is 20.0 Å². The van der Waals surface area contributed by atoms with E-state index < -0.39 is 0 Å². The van der Waals surface area contributed by atoms with Crippen LogP contribution in [0.1, 0.15) is 18.9 Å². The van der Waals surface area contributed by atoms with Crippen molar-refractivity contribution in [2.75, 3.05) is 32.7 Å². The smallest absolute Gasteiger partial charge is 0.317 e. The van der Waals surface area contributed by atoms with Gasteiger partial charge in [-0.3, -0.25) is 9.59 Å². The number of likely N-dealkylation sites (tertiary alicyclic amines) is 1. The van der Waals surface area contributed by atoms with E-state index in [2.05, 4.69) is 5.32 Å². The summed E-state index contributed by atoms with van der Waals surface area (Å²) in [7, 11) is 0. The molecule has 1 N–H and O–H groups in total. The minimum Gasteiger partial charge on any atom is -0.339 e. The Morgan fingerprint density at radius 2 is 1.72 bits per heavy atom. The van der Waals surface area contributed by atoms with Crippen molar-refractivity contribution in [3.63, 3.8) is 0 Å². The number of piperazine rings is 1. The number of nitrogens with zero attached hydrogens (tertiary/aromatic N) is 3. The number of benzene rings is 1. The first-order chi connectivity index (χ1) is 12.0. The molecule has 1 atom stereocenters. The molecule has 7 nitrogen and oxygen atoms in total. The molecule has 0 aliphatic carbocycles. The normalized spacial score (nSPS) is 20.8. The zero-order valence-corrected chi connectivity index (χ0v) is 14.5. The van der Waals surface area contributed by atoms with E-state index in [1.54, 1.807) is 21.6 Å². The number of hydrogen-bond donors (Lipinski definition) is 1. The van der Waals surface area contributed by atoms with Gasteiger partial charge in [0, 0.05) is 52.6 Å². The third-order valence-corrected chi connectivity index (χ3v) is 4.77. The number of urea groups is 1. The van der Waals surface area contributed by atoms with Crippen LogP contribution < -0.4 is 5.32 Å². The Labute approximate surface area is 147 Å². The molecule has 0 saturated carbocycles. The van der Waals surface area contributed by atoms with E-state index in [1.165, 1.54) is 0 Å². The molecule has 0 radical (unpaired) electrons. The molecule has 3 rings (SSSR count). The monoisotopic (exact) mass is 344 g/mol. The quantitative estimate of drug-likeness (QED) is 0.876. The Hall–Kier alpha value is -2.57. The summed E-state index contributed by atoms with van der Waals surface area (Å²) >= 11 is 0. The summed E-state index contributed by atoms with van der Waals surface area (Å²) < 4.78 is 0. The highest BCUT2D eigenvalue weighted by Crippen LogP contribution is 2.15. The van der Waals surface area contributed by atoms with Crippen LogP contribution in [0.5, 0.6) is 0 Å². The predicted octanol–water partition coefficient (Wildman–Crippen LogP) is 0.661. The Bertz CT molecular complexity index is 641. The fourth-order valence-corrected chi connectivity index (χ4v) is 3.32. The van der Waals surface area contributed by atoms with Gasteiger partial charge in [-0.2, -0.15) is 0 Å². The molecular formula is C18H24N4O3. The van der Waals surface area contributed by atoms with Crippen LogP contribution in [0.15, 0.2) is 30.3 Å². The lowest BCUT2D eigenvalue weighted by molar-refractivity contribution is -0.130. The highest BCUT2D eigenvalue weighted by atomic mass is 16.2. The van der Waals surface area contributed by atoms with Crippen LogP contribution in [-0.4, -0.2) is 71.3 Å². The molecule has 0 spiro atoms. The maximum Gasteiger partial charge on any atom is 0.317 e. The van der Waals surface area contributed by atoms with Crippen LogP contribution >= 0.6 is 0 Å². The van der Waals surface area contributed by atoms with E-state index in [9.17, 15) is 14.4 Å². The molecular weight excluding hydrogens is 320 g/mol. The van der Waals surface area contributed by atoms with Gasteiger partial charge in [0.1, 0.15) is 0 Å². The Morgan fingerprint density at radius 3 is 2.36 bits per heavy atom. The molecule has 2 aliphatic heterocycles. The first-order valence-corrected chi connectivity index (χ1v) is 8.65. The number of carbonyl (C=O) groups excluding carboxylic acids is 3. The molecule has 2 saturated heterocycles. The molecule has 2 fully saturated rings. The Morgan fingerprint density at radius 1 is 1.08 bits per heavy atom. The second-order valence-corrected chi connectivity index (χ2v) is 6.60. The largest absolute Gasteiger partial charge is 0.339 e. The van der Waals surface area contributed by atoms with Crippen molar-refractivity contribution in [3.05, 3.63) is 35.9 Å². The van der Waals surface area contributed by atoms with Gasteiger partial charge >= 0.3 is 6.03 Å². The van der Waals surface area contributed by atoms with E-state index in [1.807, 2.05) is 30.3 Å². The molecule has 0 bridgehead atoms. The van der Waals surface area contributed by atoms with Crippen LogP contribution in [-0.2, 0) is 16.1 Å². The number of nitrogens with one attached hydrogen (secondary N) is 1. The highest BCUT2D eigenvalue weighted by molar-refractivity contribution is 5.82. The molecule has 2 heterocycles. The average molecular weight is 344 g/mol. The third-order valence-electron chi connectivity index (χ3n) is 4.77. The first-order valence-electron chi connectivity index (χ1n) is 8.65. The van der Waals surface area contributed by atoms with Gasteiger partial charge in [-0.15, -0.1) is 0 Å². The standard InChI is InChI=1S/C18H24N4O3/c1-14(23)20-7-9-21(10-8-20)18(25)19-16-11-17(24)22(13-16)12-15-5-3-2-4-6-15/h2-6,16H,7-13H2,1H3,(H,19,25). The van der Waals surface area contributed by atoms with Crippen LogP contribution in [0.2, 0.25) is 0 Å². The summed E-state index contributed by atoms with van der Waals surface area (Å²) in [6.07, 6.45) is 0.339. The number of amides is 4. The maximum absolute atomic E-state index is 12.4. The number of hydrogen-bond acceptors (Lipinski definition) is 3. The van der Waals surface area contributed by atoms with Gasteiger partial charge in [0.15, 0.2) is 0 Å². The summed E-state index contributed by atoms with van der Waals surface area (Å²) in [6, 6.07) is 9.54. The predicted molar refractivity (Wildman–Crippen MR) is 92.6 cm³/mol. The van der Waals surface area contributed by atoms with Gasteiger partial charge in [-0.25, -0.2) is 4.79 Å². The molecule has 2 aliphatic rings. The van der Waals surface area contributed by atoms with Gasteiger partial charge < -0.3 is 20.0 Å². The molecule has 134 valence electrons. The zero-order chi connectivity index (χ0) is 17.8. The fourth-order valence-electron chi connectivity index (χ4n) is 3.32. The lowest BCUT2D eigenvalue weighted by Crippen LogP contribution is -2.54. The van der Waals surface area contributed by atoms with E-state index >= 15 is 0 Å². The van der Waals surface area contributed by atoms with E-state index in [-0.39, 0.29) is 23.9 Å². The van der Waals surface area contributed by atoms with Crippen molar-refractivity contribution in [3.8, 4) is 0 Å². The molecule has 25 heavy (non-hydrogen) atoms. The summed E-state index contributed by atoms with van der Waals surface area (Å²) in [6.45, 7) is 4.83. The maximum atomic E-state index is 12.4. The summed E-state index contributed by atoms with van der Waals surface area (Å²) in [5, 5.41) is 2.96. The van der Waals surface area contributed by atoms with Crippen molar-refractivity contribution >= 4 is 17.8 Å². The Kier molecular flexibility index (Phi) is 5.21. The minimum atomic E-state index is -0.158. The molecule has 7 heteroatoms. The van der Waals surface area contributed by atoms with Crippen LogP contribution in [0.25, 0.3) is 0 Å². The van der Waals surface area contributed by atoms with Crippen LogP contribution in [0.3, 0.4) is 0 Å². The van der Waals surface area contributed by atoms with Crippen molar-refractivity contribution in [2.45, 2.75) is 25.9 Å². The number of carbonyl (C=O) groups is 3. The van der Waals surface area contributed by atoms with E-state index in [4.69, 9.17) is 0 Å². The van der Waals surface area contributed by atoms with Gasteiger partial charge in [-0.05, 0) is 5.56 Å². The SMILES string of the molecule is CC(=O)N1CCN(C(=O)NC2CC(=O)N(Cc3ccccc3)C2)CC1. The highest BCUT2D eigenvalue weighted by Gasteiger charge is 2.32. The van der Waals surface area contributed by atoms with E-state index in [0.29, 0.717) is 45.7 Å². The lowest BCUT2D eigenvalue weighted by Gasteiger charge is -2.34. The van der Waals surface area contributed by atoms with Gasteiger partial charge in [0.2, 0.25) is 11.8 Å². The summed E-state index contributed by atoms with van der Waals surface area (Å²) in [4.78, 5) is 41.1. The summed E-state index contributed by atoms with van der Waals surface area (Å²) in [5.74, 6) is 0.105. The van der Waals surface area contributed by atoms with Crippen LogP contribution in [0, 0.1) is 0 Å². The van der Waals surface area contributed by atoms with Crippen molar-refractivity contribution in [1.29, 1.82) is 0 Å². The van der Waals surface area contributed by atoms with Gasteiger partial charge in [-0.1, -0.05) is 30.3 Å². The minimum absolute atomic E-state index is 0.0398. The van der Waals surface area contributed by atoms with Crippen molar-refractivity contribution in [2.24, 2.45) is 0 Å². The van der Waals surface area contributed by atoms with Crippen molar-refractivity contribution < 1.29 is 14.4 Å². The van der Waals surface area contributed by atoms with Gasteiger partial charge in [0.05, 0.1) is 6.04 Å². The summed E-state index contributed by atoms with van der Waals surface area (Å²) in [5.41, 5.74) is 1.09. The Balaban J connectivity index is 1.48.